The van der Waals surface area contributed by atoms with Crippen LogP contribution in [0.25, 0.3) is 11.2 Å². The summed E-state index contributed by atoms with van der Waals surface area (Å²) in [5.74, 6) is 0. The first kappa shape index (κ1) is 10.7. The van der Waals surface area contributed by atoms with Crippen LogP contribution in [0.15, 0.2) is 17.7 Å². The average molecular weight is 206 g/mol. The molecule has 1 atom stereocenters. The summed E-state index contributed by atoms with van der Waals surface area (Å²) in [6.07, 6.45) is 2.53. The molecule has 1 unspecified atom stereocenters. The normalized spacial score (nSPS) is 12.4. The van der Waals surface area contributed by atoms with Gasteiger partial charge in [0, 0.05) is 0 Å². The molecule has 0 aliphatic rings. The van der Waals surface area contributed by atoms with E-state index < -0.39 is 11.1 Å². The molecular weight excluding hydrogens is 203 g/mol. The van der Waals surface area contributed by atoms with Gasteiger partial charge in [-0.1, -0.05) is 0 Å². The molecule has 1 N–H and O–H groups in total. The molecule has 2 aromatic rings. The van der Waals surface area contributed by atoms with Crippen molar-refractivity contribution in [1.82, 2.24) is 19.9 Å². The monoisotopic (exact) mass is 206 g/mol. The van der Waals surface area contributed by atoms with Gasteiger partial charge < -0.3 is 9.54 Å². The number of aromatic nitrogens is 4. The molecule has 0 fully saturated rings. The molecule has 62 valence electrons. The third kappa shape index (κ3) is 1.94. The van der Waals surface area contributed by atoms with Gasteiger partial charge in [-0.05, 0) is 11.1 Å². The van der Waals surface area contributed by atoms with E-state index in [1.807, 2.05) is 0 Å². The van der Waals surface area contributed by atoms with Crippen LogP contribution in [0.3, 0.4) is 0 Å². The first-order valence-electron chi connectivity index (χ1n) is 3.02. The maximum absolute atomic E-state index is 10.6. The molecule has 0 aliphatic heterocycles. The Morgan fingerprint density at radius 1 is 1.38 bits per heavy atom. The molecule has 0 radical (unpaired) electrons. The van der Waals surface area contributed by atoms with Gasteiger partial charge >= 0.3 is 29.6 Å². The van der Waals surface area contributed by atoms with Crippen molar-refractivity contribution in [2.45, 2.75) is 5.03 Å². The van der Waals surface area contributed by atoms with Gasteiger partial charge in [0.05, 0.1) is 6.33 Å². The number of H-pyrrole nitrogens is 1. The fraction of sp³-hybridized carbons (Fsp3) is 0. The number of fused-ring (bicyclic) bond motifs is 1. The van der Waals surface area contributed by atoms with Gasteiger partial charge in [0.15, 0.2) is 5.65 Å². The quantitative estimate of drug-likeness (QED) is 0.298. The van der Waals surface area contributed by atoms with E-state index in [0.29, 0.717) is 11.2 Å². The number of nitrogens with zero attached hydrogens (tertiary/aromatic N) is 3. The van der Waals surface area contributed by atoms with Crippen molar-refractivity contribution in [2.75, 3.05) is 0 Å². The molecule has 6 nitrogen and oxygen atoms in total. The molecule has 0 bridgehead atoms. The zero-order chi connectivity index (χ0) is 8.55. The van der Waals surface area contributed by atoms with Gasteiger partial charge in [-0.15, -0.1) is 0 Å². The van der Waals surface area contributed by atoms with Gasteiger partial charge in [0.25, 0.3) is 0 Å². The van der Waals surface area contributed by atoms with Crippen molar-refractivity contribution in [1.29, 1.82) is 0 Å². The van der Waals surface area contributed by atoms with Crippen molar-refractivity contribution in [3.05, 3.63) is 12.7 Å². The summed E-state index contributed by atoms with van der Waals surface area (Å²) in [4.78, 5) is 13.8. The van der Waals surface area contributed by atoms with E-state index >= 15 is 0 Å². The number of hydrogen-bond acceptors (Lipinski definition) is 5. The van der Waals surface area contributed by atoms with Crippen LogP contribution in [0, 0.1) is 0 Å². The molecule has 13 heavy (non-hydrogen) atoms. The minimum Gasteiger partial charge on any atom is -0.767 e. The molecule has 2 aromatic heterocycles. The van der Waals surface area contributed by atoms with E-state index in [2.05, 4.69) is 19.9 Å². The van der Waals surface area contributed by atoms with E-state index in [0.717, 1.165) is 6.33 Å². The van der Waals surface area contributed by atoms with Crippen molar-refractivity contribution in [2.24, 2.45) is 0 Å². The Labute approximate surface area is 97.8 Å². The minimum atomic E-state index is -2.35. The Bertz CT molecular complexity index is 445. The summed E-state index contributed by atoms with van der Waals surface area (Å²) in [5.41, 5.74) is 0.690. The largest absolute Gasteiger partial charge is 1.00 e. The molecule has 8 heteroatoms. The number of rotatable bonds is 1. The van der Waals surface area contributed by atoms with Crippen LogP contribution in [0.2, 0.25) is 0 Å². The smallest absolute Gasteiger partial charge is 0.767 e. The average Bonchev–Trinajstić information content (AvgIpc) is 2.49. The van der Waals surface area contributed by atoms with E-state index in [9.17, 15) is 8.76 Å². The van der Waals surface area contributed by atoms with Crippen LogP contribution in [-0.4, -0.2) is 28.7 Å². The van der Waals surface area contributed by atoms with Crippen LogP contribution in [0.5, 0.6) is 0 Å². The van der Waals surface area contributed by atoms with Crippen molar-refractivity contribution >= 4 is 22.2 Å². The van der Waals surface area contributed by atoms with Gasteiger partial charge in [0.1, 0.15) is 16.9 Å². The van der Waals surface area contributed by atoms with Crippen molar-refractivity contribution in [3.63, 3.8) is 0 Å². The third-order valence-electron chi connectivity index (χ3n) is 1.35. The Hall–Kier alpha value is -0.340. The summed E-state index contributed by atoms with van der Waals surface area (Å²) < 4.78 is 21.1. The van der Waals surface area contributed by atoms with Crippen molar-refractivity contribution < 1.29 is 38.3 Å². The van der Waals surface area contributed by atoms with Crippen LogP contribution < -0.4 is 29.6 Å². The number of hydrogen-bond donors (Lipinski definition) is 1. The first-order valence-corrected chi connectivity index (χ1v) is 4.10. The van der Waals surface area contributed by atoms with E-state index in [-0.39, 0.29) is 34.6 Å². The standard InChI is InChI=1S/C5H4N4O2S.Na/c10-12(11)5-3-4(7-1-6-3)8-2-9-5;/h1-2H,(H,10,11)(H,6,7,8,9);/q;+1/p-1. The van der Waals surface area contributed by atoms with Crippen LogP contribution >= 0.6 is 0 Å². The second-order valence-corrected chi connectivity index (χ2v) is 2.87. The predicted molar refractivity (Wildman–Crippen MR) is 38.9 cm³/mol. The Morgan fingerprint density at radius 3 is 2.85 bits per heavy atom. The molecule has 2 heterocycles. The van der Waals surface area contributed by atoms with Crippen LogP contribution in [0.1, 0.15) is 0 Å². The maximum atomic E-state index is 10.6. The fourth-order valence-electron chi connectivity index (χ4n) is 0.869. The Kier molecular flexibility index (Phi) is 3.51. The Balaban J connectivity index is 0.000000845. The zero-order valence-corrected chi connectivity index (χ0v) is 9.54. The molecule has 2 rings (SSSR count). The topological polar surface area (TPSA) is 94.6 Å². The summed E-state index contributed by atoms with van der Waals surface area (Å²) in [5, 5.41) is -0.0579. The van der Waals surface area contributed by atoms with E-state index in [1.54, 1.807) is 0 Å². The first-order chi connectivity index (χ1) is 5.79. The fourth-order valence-corrected chi connectivity index (χ4v) is 1.32. The van der Waals surface area contributed by atoms with Gasteiger partial charge in [-0.2, -0.15) is 0 Å². The van der Waals surface area contributed by atoms with E-state index in [1.165, 1.54) is 6.33 Å². The van der Waals surface area contributed by atoms with Gasteiger partial charge in [0.2, 0.25) is 0 Å². The molecule has 0 aliphatic carbocycles. The third-order valence-corrected chi connectivity index (χ3v) is 1.97. The summed E-state index contributed by atoms with van der Waals surface area (Å²) in [7, 11) is 0. The number of aromatic amines is 1. The summed E-state index contributed by atoms with van der Waals surface area (Å²) in [6.45, 7) is 0. The summed E-state index contributed by atoms with van der Waals surface area (Å²) in [6, 6.07) is 0. The maximum Gasteiger partial charge on any atom is 1.00 e. The molecule has 0 amide bonds. The van der Waals surface area contributed by atoms with Gasteiger partial charge in [-0.3, -0.25) is 4.21 Å². The minimum absolute atomic E-state index is 0. The number of nitrogens with one attached hydrogen (secondary N) is 1. The zero-order valence-electron chi connectivity index (χ0n) is 6.72. The van der Waals surface area contributed by atoms with Gasteiger partial charge in [-0.25, -0.2) is 15.0 Å². The second kappa shape index (κ2) is 4.25. The van der Waals surface area contributed by atoms with Crippen LogP contribution in [0.4, 0.5) is 0 Å². The molecule has 0 saturated carbocycles. The van der Waals surface area contributed by atoms with Crippen LogP contribution in [-0.2, 0) is 11.1 Å². The molecule has 0 spiro atoms. The number of imidazole rings is 1. The SMILES string of the molecule is O=S([O-])c1ncnc2nc[nH]c12.[Na+]. The molecular formula is C5H3N4NaO2S. The van der Waals surface area contributed by atoms with E-state index in [4.69, 9.17) is 0 Å². The van der Waals surface area contributed by atoms with Crippen molar-refractivity contribution in [3.8, 4) is 0 Å². The summed E-state index contributed by atoms with van der Waals surface area (Å²) >= 11 is -2.35. The molecule has 0 aromatic carbocycles. The second-order valence-electron chi connectivity index (χ2n) is 2.01. The predicted octanol–water partition coefficient (Wildman–Crippen LogP) is -3.41. The Morgan fingerprint density at radius 2 is 2.15 bits per heavy atom. The molecule has 0 saturated heterocycles.